The summed E-state index contributed by atoms with van der Waals surface area (Å²) < 4.78 is 5.78. The maximum absolute atomic E-state index is 12.2. The number of hydrogen-bond donors (Lipinski definition) is 0. The van der Waals surface area contributed by atoms with Crippen molar-refractivity contribution in [1.82, 2.24) is 0 Å². The van der Waals surface area contributed by atoms with E-state index in [-0.39, 0.29) is 16.9 Å². The van der Waals surface area contributed by atoms with Crippen LogP contribution in [0.2, 0.25) is 0 Å². The molecule has 0 aliphatic heterocycles. The molecule has 0 rings (SSSR count). The van der Waals surface area contributed by atoms with E-state index in [0.29, 0.717) is 0 Å². The summed E-state index contributed by atoms with van der Waals surface area (Å²) in [5.41, 5.74) is 0. The van der Waals surface area contributed by atoms with Gasteiger partial charge in [-0.1, -0.05) is 88.1 Å². The number of esters is 1. The number of hydrogen-bond acceptors (Lipinski definition) is 2. The van der Waals surface area contributed by atoms with E-state index in [1.165, 1.54) is 57.8 Å². The van der Waals surface area contributed by atoms with Crippen molar-refractivity contribution in [2.75, 3.05) is 0 Å². The third-order valence-electron chi connectivity index (χ3n) is 4.11. The summed E-state index contributed by atoms with van der Waals surface area (Å²) >= 11 is 3.50. The van der Waals surface area contributed by atoms with Gasteiger partial charge in [-0.3, -0.25) is 4.79 Å². The minimum Gasteiger partial charge on any atom is -0.462 e. The first-order valence-electron chi connectivity index (χ1n) is 9.50. The molecule has 0 aromatic carbocycles. The third kappa shape index (κ3) is 12.5. The second kappa shape index (κ2) is 15.8. The Bertz CT molecular complexity index is 256. The van der Waals surface area contributed by atoms with Gasteiger partial charge in [0.15, 0.2) is 0 Å². The van der Waals surface area contributed by atoms with Crippen molar-refractivity contribution in [3.05, 3.63) is 0 Å². The van der Waals surface area contributed by atoms with Gasteiger partial charge in [0, 0.05) is 0 Å². The molecule has 0 N–H and O–H groups in total. The molecule has 2 atom stereocenters. The molecule has 132 valence electrons. The van der Waals surface area contributed by atoms with Crippen molar-refractivity contribution in [1.29, 1.82) is 0 Å². The van der Waals surface area contributed by atoms with Gasteiger partial charge in [-0.25, -0.2) is 0 Å². The van der Waals surface area contributed by atoms with Gasteiger partial charge < -0.3 is 4.74 Å². The molecule has 0 aromatic heterocycles. The second-order valence-electron chi connectivity index (χ2n) is 6.37. The molecule has 3 heteroatoms. The fourth-order valence-electron chi connectivity index (χ4n) is 2.61. The van der Waals surface area contributed by atoms with Crippen LogP contribution in [0.25, 0.3) is 0 Å². The van der Waals surface area contributed by atoms with E-state index in [9.17, 15) is 4.79 Å². The normalized spacial score (nSPS) is 13.8. The topological polar surface area (TPSA) is 26.3 Å². The lowest BCUT2D eigenvalue weighted by molar-refractivity contribution is -0.149. The average molecular weight is 377 g/mol. The van der Waals surface area contributed by atoms with E-state index < -0.39 is 0 Å². The standard InChI is InChI=1S/C19H37BrO2/c1-4-7-10-13-15-17(14-11-8-5-2)22-19(21)18(20)16-12-9-6-3/h17-18H,4-16H2,1-3H3. The van der Waals surface area contributed by atoms with Gasteiger partial charge in [0.25, 0.3) is 0 Å². The minimum absolute atomic E-state index is 0.0481. The summed E-state index contributed by atoms with van der Waals surface area (Å²) in [7, 11) is 0. The van der Waals surface area contributed by atoms with Gasteiger partial charge in [0.1, 0.15) is 10.9 Å². The Morgan fingerprint density at radius 1 is 0.773 bits per heavy atom. The summed E-state index contributed by atoms with van der Waals surface area (Å²) in [6.07, 6.45) is 15.1. The van der Waals surface area contributed by atoms with Crippen LogP contribution in [0.3, 0.4) is 0 Å². The number of rotatable bonds is 15. The summed E-state index contributed by atoms with van der Waals surface area (Å²) in [4.78, 5) is 12.1. The molecule has 22 heavy (non-hydrogen) atoms. The number of carbonyl (C=O) groups is 1. The van der Waals surface area contributed by atoms with E-state index in [2.05, 4.69) is 36.7 Å². The van der Waals surface area contributed by atoms with E-state index in [1.807, 2.05) is 0 Å². The first kappa shape index (κ1) is 21.9. The van der Waals surface area contributed by atoms with Crippen LogP contribution in [0.4, 0.5) is 0 Å². The lowest BCUT2D eigenvalue weighted by Crippen LogP contribution is -2.24. The molecule has 0 aromatic rings. The zero-order chi connectivity index (χ0) is 16.6. The van der Waals surface area contributed by atoms with Crippen LogP contribution in [-0.2, 0) is 9.53 Å². The molecule has 0 saturated heterocycles. The Balaban J connectivity index is 4.12. The highest BCUT2D eigenvalue weighted by molar-refractivity contribution is 9.10. The van der Waals surface area contributed by atoms with Gasteiger partial charge >= 0.3 is 5.97 Å². The molecule has 0 aliphatic carbocycles. The highest BCUT2D eigenvalue weighted by Gasteiger charge is 2.20. The van der Waals surface area contributed by atoms with Gasteiger partial charge in [0.05, 0.1) is 0 Å². The maximum atomic E-state index is 12.2. The molecule has 0 amide bonds. The summed E-state index contributed by atoms with van der Waals surface area (Å²) in [5, 5.41) is 0. The van der Waals surface area contributed by atoms with Crippen LogP contribution in [0, 0.1) is 0 Å². The van der Waals surface area contributed by atoms with Crippen molar-refractivity contribution >= 4 is 21.9 Å². The number of halogens is 1. The van der Waals surface area contributed by atoms with Crippen molar-refractivity contribution in [3.8, 4) is 0 Å². The van der Waals surface area contributed by atoms with Crippen molar-refractivity contribution in [2.24, 2.45) is 0 Å². The summed E-state index contributed by atoms with van der Waals surface area (Å²) in [5.74, 6) is -0.0481. The predicted molar refractivity (Wildman–Crippen MR) is 99.6 cm³/mol. The molecule has 0 aliphatic rings. The Morgan fingerprint density at radius 2 is 1.23 bits per heavy atom. The van der Waals surface area contributed by atoms with Crippen LogP contribution in [0.1, 0.15) is 104 Å². The lowest BCUT2D eigenvalue weighted by Gasteiger charge is -2.20. The zero-order valence-electron chi connectivity index (χ0n) is 15.0. The van der Waals surface area contributed by atoms with Crippen LogP contribution in [0.15, 0.2) is 0 Å². The molecule has 0 radical (unpaired) electrons. The average Bonchev–Trinajstić information content (AvgIpc) is 2.51. The zero-order valence-corrected chi connectivity index (χ0v) is 16.6. The highest BCUT2D eigenvalue weighted by Crippen LogP contribution is 2.19. The number of alkyl halides is 1. The monoisotopic (exact) mass is 376 g/mol. The largest absolute Gasteiger partial charge is 0.462 e. The number of unbranched alkanes of at least 4 members (excludes halogenated alkanes) is 7. The number of ether oxygens (including phenoxy) is 1. The predicted octanol–water partition coefficient (Wildman–Crippen LogP) is 6.79. The highest BCUT2D eigenvalue weighted by atomic mass is 79.9. The van der Waals surface area contributed by atoms with Crippen LogP contribution < -0.4 is 0 Å². The van der Waals surface area contributed by atoms with Gasteiger partial charge in [-0.05, 0) is 32.1 Å². The second-order valence-corrected chi connectivity index (χ2v) is 7.47. The smallest absolute Gasteiger partial charge is 0.319 e. The molecular weight excluding hydrogens is 340 g/mol. The Kier molecular flexibility index (Phi) is 15.8. The van der Waals surface area contributed by atoms with Gasteiger partial charge in [-0.15, -0.1) is 0 Å². The molecule has 0 saturated carbocycles. The molecule has 2 unspecified atom stereocenters. The third-order valence-corrected chi connectivity index (χ3v) is 4.94. The molecule has 0 bridgehead atoms. The molecule has 0 spiro atoms. The Hall–Kier alpha value is -0.0500. The molecule has 0 fully saturated rings. The minimum atomic E-state index is -0.122. The van der Waals surface area contributed by atoms with E-state index in [0.717, 1.165) is 25.7 Å². The molecule has 0 heterocycles. The van der Waals surface area contributed by atoms with Crippen LogP contribution in [0.5, 0.6) is 0 Å². The van der Waals surface area contributed by atoms with Gasteiger partial charge in [-0.2, -0.15) is 0 Å². The van der Waals surface area contributed by atoms with Crippen LogP contribution >= 0.6 is 15.9 Å². The van der Waals surface area contributed by atoms with E-state index >= 15 is 0 Å². The Morgan fingerprint density at radius 3 is 1.77 bits per heavy atom. The molecule has 2 nitrogen and oxygen atoms in total. The van der Waals surface area contributed by atoms with Crippen molar-refractivity contribution in [2.45, 2.75) is 115 Å². The van der Waals surface area contributed by atoms with E-state index in [4.69, 9.17) is 4.74 Å². The number of carbonyl (C=O) groups excluding carboxylic acids is 1. The molecular formula is C19H37BrO2. The van der Waals surface area contributed by atoms with Crippen molar-refractivity contribution < 1.29 is 9.53 Å². The first-order chi connectivity index (χ1) is 10.7. The van der Waals surface area contributed by atoms with Gasteiger partial charge in [0.2, 0.25) is 0 Å². The maximum Gasteiger partial charge on any atom is 0.319 e. The summed E-state index contributed by atoms with van der Waals surface area (Å²) in [6, 6.07) is 0. The lowest BCUT2D eigenvalue weighted by atomic mass is 10.0. The fraction of sp³-hybridized carbons (Fsp3) is 0.947. The SMILES string of the molecule is CCCCCCC(CCCCC)OC(=O)C(Br)CCCCC. The first-order valence-corrected chi connectivity index (χ1v) is 10.4. The summed E-state index contributed by atoms with van der Waals surface area (Å²) in [6.45, 7) is 6.62. The Labute approximate surface area is 146 Å². The van der Waals surface area contributed by atoms with Crippen LogP contribution in [-0.4, -0.2) is 16.9 Å². The quantitative estimate of drug-likeness (QED) is 0.178. The van der Waals surface area contributed by atoms with Crippen molar-refractivity contribution in [3.63, 3.8) is 0 Å². The fourth-order valence-corrected chi connectivity index (χ4v) is 3.04. The van der Waals surface area contributed by atoms with E-state index in [1.54, 1.807) is 0 Å².